The number of carbonyl (C=O) groups excluding carboxylic acids is 1. The molecule has 2 fully saturated rings. The third kappa shape index (κ3) is 1.85. The second-order valence-electron chi connectivity index (χ2n) is 5.83. The quantitative estimate of drug-likeness (QED) is 0.687. The summed E-state index contributed by atoms with van der Waals surface area (Å²) in [5.74, 6) is 2.58. The molecule has 1 nitrogen and oxygen atoms in total. The average molecular weight is 218 g/mol. The van der Waals surface area contributed by atoms with Crippen LogP contribution in [0.25, 0.3) is 0 Å². The molecule has 0 aromatic rings. The molecule has 88 valence electrons. The molecule has 0 bridgehead atoms. The fourth-order valence-electron chi connectivity index (χ4n) is 3.84. The molecule has 3 rings (SSSR count). The van der Waals surface area contributed by atoms with Crippen molar-refractivity contribution in [1.82, 2.24) is 0 Å². The number of ketones is 1. The summed E-state index contributed by atoms with van der Waals surface area (Å²) in [6, 6.07) is 0. The van der Waals surface area contributed by atoms with Crippen LogP contribution in [0.15, 0.2) is 11.6 Å². The molecule has 2 unspecified atom stereocenters. The molecule has 3 aliphatic rings. The van der Waals surface area contributed by atoms with Gasteiger partial charge in [0.15, 0.2) is 5.78 Å². The highest BCUT2D eigenvalue weighted by Gasteiger charge is 2.56. The molecule has 0 aromatic heterocycles. The predicted molar refractivity (Wildman–Crippen MR) is 65.1 cm³/mol. The minimum atomic E-state index is 0.458. The maximum Gasteiger partial charge on any atom is 0.162 e. The average Bonchev–Trinajstić information content (AvgIpc) is 2.71. The van der Waals surface area contributed by atoms with Gasteiger partial charge >= 0.3 is 0 Å². The third-order valence-corrected chi connectivity index (χ3v) is 4.82. The van der Waals surface area contributed by atoms with Gasteiger partial charge in [-0.2, -0.15) is 0 Å². The van der Waals surface area contributed by atoms with Crippen molar-refractivity contribution >= 4 is 5.78 Å². The van der Waals surface area contributed by atoms with Crippen LogP contribution in [-0.2, 0) is 4.79 Å². The topological polar surface area (TPSA) is 17.1 Å². The molecule has 0 radical (unpaired) electrons. The monoisotopic (exact) mass is 218 g/mol. The second-order valence-corrected chi connectivity index (χ2v) is 5.83. The van der Waals surface area contributed by atoms with Crippen molar-refractivity contribution in [2.45, 2.75) is 57.8 Å². The molecule has 0 spiro atoms. The first-order chi connectivity index (χ1) is 7.88. The summed E-state index contributed by atoms with van der Waals surface area (Å²) >= 11 is 0. The summed E-state index contributed by atoms with van der Waals surface area (Å²) < 4.78 is 0. The number of hydrogen-bond acceptors (Lipinski definition) is 1. The van der Waals surface area contributed by atoms with Gasteiger partial charge in [-0.25, -0.2) is 0 Å². The molecule has 0 aliphatic heterocycles. The molecule has 1 heteroatoms. The lowest BCUT2D eigenvalue weighted by Crippen LogP contribution is -2.10. The highest BCUT2D eigenvalue weighted by Crippen LogP contribution is 2.58. The highest BCUT2D eigenvalue weighted by molar-refractivity contribution is 5.99. The molecule has 0 saturated heterocycles. The van der Waals surface area contributed by atoms with Crippen LogP contribution < -0.4 is 0 Å². The van der Waals surface area contributed by atoms with Crippen molar-refractivity contribution in [3.8, 4) is 0 Å². The van der Waals surface area contributed by atoms with E-state index in [4.69, 9.17) is 0 Å². The summed E-state index contributed by atoms with van der Waals surface area (Å²) in [4.78, 5) is 12.4. The van der Waals surface area contributed by atoms with Crippen molar-refractivity contribution in [3.63, 3.8) is 0 Å². The van der Waals surface area contributed by atoms with Crippen LogP contribution in [0.2, 0.25) is 0 Å². The van der Waals surface area contributed by atoms with Gasteiger partial charge in [-0.1, -0.05) is 25.3 Å². The van der Waals surface area contributed by atoms with E-state index in [1.165, 1.54) is 50.5 Å². The van der Waals surface area contributed by atoms with Gasteiger partial charge < -0.3 is 0 Å². The van der Waals surface area contributed by atoms with E-state index in [1.807, 2.05) is 0 Å². The summed E-state index contributed by atoms with van der Waals surface area (Å²) in [7, 11) is 0. The molecule has 0 heterocycles. The summed E-state index contributed by atoms with van der Waals surface area (Å²) in [6.45, 7) is 0. The Balaban J connectivity index is 1.65. The maximum atomic E-state index is 12.4. The van der Waals surface area contributed by atoms with Crippen LogP contribution in [0.5, 0.6) is 0 Å². The Hall–Kier alpha value is -0.590. The lowest BCUT2D eigenvalue weighted by Gasteiger charge is -2.11. The first-order valence-electron chi connectivity index (χ1n) is 7.11. The van der Waals surface area contributed by atoms with Crippen molar-refractivity contribution < 1.29 is 4.79 Å². The van der Waals surface area contributed by atoms with Crippen molar-refractivity contribution in [2.75, 3.05) is 0 Å². The number of allylic oxidation sites excluding steroid dienone is 2. The highest BCUT2D eigenvalue weighted by atomic mass is 16.1. The summed E-state index contributed by atoms with van der Waals surface area (Å²) in [5, 5.41) is 0. The van der Waals surface area contributed by atoms with Gasteiger partial charge in [-0.15, -0.1) is 0 Å². The lowest BCUT2D eigenvalue weighted by molar-refractivity contribution is -0.117. The Morgan fingerprint density at radius 2 is 1.75 bits per heavy atom. The van der Waals surface area contributed by atoms with Crippen LogP contribution in [-0.4, -0.2) is 5.78 Å². The molecule has 3 aliphatic carbocycles. The van der Waals surface area contributed by atoms with E-state index in [2.05, 4.69) is 6.08 Å². The molecule has 0 amide bonds. The van der Waals surface area contributed by atoms with Gasteiger partial charge in [0, 0.05) is 5.92 Å². The van der Waals surface area contributed by atoms with Crippen molar-refractivity contribution in [2.24, 2.45) is 17.8 Å². The zero-order chi connectivity index (χ0) is 11.0. The molecule has 0 N–H and O–H groups in total. The van der Waals surface area contributed by atoms with Gasteiger partial charge in [0.05, 0.1) is 0 Å². The number of hydrogen-bond donors (Lipinski definition) is 0. The Labute approximate surface area is 98.3 Å². The van der Waals surface area contributed by atoms with Crippen LogP contribution >= 0.6 is 0 Å². The lowest BCUT2D eigenvalue weighted by atomic mass is 9.93. The van der Waals surface area contributed by atoms with E-state index in [-0.39, 0.29) is 0 Å². The standard InChI is InChI=1S/C15H22O/c16-15(14-12-9-6-10-13(12)14)11-7-4-2-1-3-5-8-11/h7,12-14H,1-6,8-10H2. The number of fused-ring (bicyclic) bond motifs is 1. The van der Waals surface area contributed by atoms with Gasteiger partial charge in [-0.05, 0) is 55.9 Å². The molecule has 2 atom stereocenters. The van der Waals surface area contributed by atoms with Gasteiger partial charge in [0.2, 0.25) is 0 Å². The molecule has 0 aromatic carbocycles. The predicted octanol–water partition coefficient (Wildman–Crippen LogP) is 3.88. The number of carbonyl (C=O) groups is 1. The maximum absolute atomic E-state index is 12.4. The van der Waals surface area contributed by atoms with E-state index in [1.54, 1.807) is 0 Å². The van der Waals surface area contributed by atoms with Crippen molar-refractivity contribution in [1.29, 1.82) is 0 Å². The Morgan fingerprint density at radius 3 is 2.56 bits per heavy atom. The van der Waals surface area contributed by atoms with E-state index in [0.717, 1.165) is 24.7 Å². The molecule has 16 heavy (non-hydrogen) atoms. The minimum Gasteiger partial charge on any atom is -0.294 e. The van der Waals surface area contributed by atoms with E-state index < -0.39 is 0 Å². The first-order valence-corrected chi connectivity index (χ1v) is 7.11. The van der Waals surface area contributed by atoms with Gasteiger partial charge in [0.25, 0.3) is 0 Å². The molecular formula is C15H22O. The Morgan fingerprint density at radius 1 is 1.00 bits per heavy atom. The fourth-order valence-corrected chi connectivity index (χ4v) is 3.84. The normalized spacial score (nSPS) is 38.2. The third-order valence-electron chi connectivity index (χ3n) is 4.82. The first kappa shape index (κ1) is 10.6. The van der Waals surface area contributed by atoms with E-state index in [9.17, 15) is 4.79 Å². The van der Waals surface area contributed by atoms with Crippen LogP contribution in [0.3, 0.4) is 0 Å². The minimum absolute atomic E-state index is 0.458. The second kappa shape index (κ2) is 4.35. The zero-order valence-electron chi connectivity index (χ0n) is 10.1. The van der Waals surface area contributed by atoms with E-state index in [0.29, 0.717) is 11.7 Å². The molecular weight excluding hydrogens is 196 g/mol. The Kier molecular flexibility index (Phi) is 2.87. The number of Topliss-reactive ketones (excluding diaryl/α,β-unsaturated/α-hetero) is 1. The summed E-state index contributed by atoms with van der Waals surface area (Å²) in [5.41, 5.74) is 1.19. The largest absolute Gasteiger partial charge is 0.294 e. The Bertz CT molecular complexity index is 305. The van der Waals surface area contributed by atoms with Gasteiger partial charge in [-0.3, -0.25) is 4.79 Å². The smallest absolute Gasteiger partial charge is 0.162 e. The SMILES string of the molecule is O=C(C1=CCCCCCC1)C1C2CCCC21. The van der Waals surface area contributed by atoms with Crippen LogP contribution in [0, 0.1) is 17.8 Å². The number of rotatable bonds is 2. The molecule has 2 saturated carbocycles. The fraction of sp³-hybridized carbons (Fsp3) is 0.800. The van der Waals surface area contributed by atoms with E-state index >= 15 is 0 Å². The van der Waals surface area contributed by atoms with Gasteiger partial charge in [0.1, 0.15) is 0 Å². The zero-order valence-corrected chi connectivity index (χ0v) is 10.1. The van der Waals surface area contributed by atoms with Crippen molar-refractivity contribution in [3.05, 3.63) is 11.6 Å². The summed E-state index contributed by atoms with van der Waals surface area (Å²) in [6.07, 6.45) is 13.7. The van der Waals surface area contributed by atoms with Crippen LogP contribution in [0.1, 0.15) is 57.8 Å². The van der Waals surface area contributed by atoms with Crippen LogP contribution in [0.4, 0.5) is 0 Å².